The fraction of sp³-hybridized carbons (Fsp3) is 0.200. The number of aromatic nitrogens is 1. The van der Waals surface area contributed by atoms with Gasteiger partial charge in [0.2, 0.25) is 0 Å². The molecule has 2 aromatic rings. The minimum atomic E-state index is -0.462. The summed E-state index contributed by atoms with van der Waals surface area (Å²) in [5.74, 6) is -0.668. The summed E-state index contributed by atoms with van der Waals surface area (Å²) in [5, 5.41) is 17.7. The summed E-state index contributed by atoms with van der Waals surface area (Å²) in [7, 11) is 1.54. The van der Waals surface area contributed by atoms with E-state index < -0.39 is 11.4 Å². The van der Waals surface area contributed by atoms with Gasteiger partial charge >= 0.3 is 0 Å². The highest BCUT2D eigenvalue weighted by atomic mass is 19.1. The monoisotopic (exact) mass is 274 g/mol. The zero-order valence-corrected chi connectivity index (χ0v) is 11.3. The van der Waals surface area contributed by atoms with Crippen molar-refractivity contribution in [2.45, 2.75) is 13.3 Å². The molecule has 1 heterocycles. The third-order valence-corrected chi connectivity index (χ3v) is 3.19. The number of benzene rings is 1. The van der Waals surface area contributed by atoms with Crippen molar-refractivity contribution in [1.29, 1.82) is 5.41 Å². The first kappa shape index (κ1) is 14.0. The minimum Gasteiger partial charge on any atom is -0.507 e. The van der Waals surface area contributed by atoms with Crippen LogP contribution in [0.5, 0.6) is 5.75 Å². The summed E-state index contributed by atoms with van der Waals surface area (Å²) in [6, 6.07) is 7.17. The zero-order chi connectivity index (χ0) is 14.9. The van der Waals surface area contributed by atoms with Crippen LogP contribution in [0.4, 0.5) is 4.39 Å². The van der Waals surface area contributed by atoms with Gasteiger partial charge in [0.15, 0.2) is 0 Å². The number of hydrogen-bond donors (Lipinski definition) is 2. The molecule has 0 aliphatic heterocycles. The van der Waals surface area contributed by atoms with Gasteiger partial charge in [0.1, 0.15) is 17.1 Å². The first-order valence-electron chi connectivity index (χ1n) is 6.22. The van der Waals surface area contributed by atoms with Crippen LogP contribution in [0.15, 0.2) is 35.1 Å². The van der Waals surface area contributed by atoms with E-state index >= 15 is 0 Å². The Bertz CT molecular complexity index is 735. The van der Waals surface area contributed by atoms with Crippen molar-refractivity contribution < 1.29 is 9.50 Å². The van der Waals surface area contributed by atoms with Crippen LogP contribution in [0.25, 0.3) is 11.3 Å². The van der Waals surface area contributed by atoms with Crippen LogP contribution in [0.1, 0.15) is 18.9 Å². The summed E-state index contributed by atoms with van der Waals surface area (Å²) in [4.78, 5) is 12.2. The van der Waals surface area contributed by atoms with Gasteiger partial charge in [-0.3, -0.25) is 4.79 Å². The van der Waals surface area contributed by atoms with Gasteiger partial charge in [0, 0.05) is 24.4 Å². The lowest BCUT2D eigenvalue weighted by molar-refractivity contribution is 0.471. The number of halogens is 1. The van der Waals surface area contributed by atoms with Gasteiger partial charge < -0.3 is 15.1 Å². The summed E-state index contributed by atoms with van der Waals surface area (Å²) < 4.78 is 14.6. The number of rotatable bonds is 3. The zero-order valence-electron chi connectivity index (χ0n) is 11.3. The normalized spacial score (nSPS) is 10.6. The summed E-state index contributed by atoms with van der Waals surface area (Å²) in [6.07, 6.45) is 0.349. The molecule has 0 saturated heterocycles. The van der Waals surface area contributed by atoms with Crippen molar-refractivity contribution in [1.82, 2.24) is 4.57 Å². The van der Waals surface area contributed by atoms with Crippen LogP contribution in [0.3, 0.4) is 0 Å². The first-order chi connectivity index (χ1) is 9.45. The molecule has 104 valence electrons. The molecule has 0 spiro atoms. The van der Waals surface area contributed by atoms with Crippen molar-refractivity contribution in [2.24, 2.45) is 7.05 Å². The maximum Gasteiger partial charge on any atom is 0.263 e. The molecule has 0 saturated carbocycles. The number of nitrogens with one attached hydrogen (secondary N) is 1. The van der Waals surface area contributed by atoms with Gasteiger partial charge in [0.25, 0.3) is 5.56 Å². The molecule has 5 heteroatoms. The molecule has 0 aliphatic carbocycles. The molecule has 0 radical (unpaired) electrons. The topological polar surface area (TPSA) is 66.1 Å². The first-order valence-corrected chi connectivity index (χ1v) is 6.22. The largest absolute Gasteiger partial charge is 0.507 e. The fourth-order valence-electron chi connectivity index (χ4n) is 2.07. The summed E-state index contributed by atoms with van der Waals surface area (Å²) in [5.41, 5.74) is 0.509. The van der Waals surface area contributed by atoms with Crippen LogP contribution < -0.4 is 5.56 Å². The third-order valence-electron chi connectivity index (χ3n) is 3.19. The van der Waals surface area contributed by atoms with E-state index in [2.05, 4.69) is 0 Å². The molecular formula is C15H15FN2O2. The number of pyridine rings is 1. The third kappa shape index (κ3) is 2.34. The van der Waals surface area contributed by atoms with E-state index in [1.807, 2.05) is 0 Å². The average molecular weight is 274 g/mol. The molecule has 0 fully saturated rings. The Hall–Kier alpha value is -2.43. The number of hydrogen-bond acceptors (Lipinski definition) is 3. The van der Waals surface area contributed by atoms with Crippen LogP contribution in [0, 0.1) is 11.2 Å². The summed E-state index contributed by atoms with van der Waals surface area (Å²) >= 11 is 0. The highest BCUT2D eigenvalue weighted by molar-refractivity contribution is 6.00. The van der Waals surface area contributed by atoms with Crippen molar-refractivity contribution >= 4 is 5.71 Å². The molecule has 0 atom stereocenters. The van der Waals surface area contributed by atoms with Gasteiger partial charge in [0.05, 0.1) is 5.69 Å². The molecule has 0 unspecified atom stereocenters. The molecule has 2 rings (SSSR count). The van der Waals surface area contributed by atoms with Crippen molar-refractivity contribution in [3.8, 4) is 17.0 Å². The molecule has 2 N–H and O–H groups in total. The molecule has 1 aromatic carbocycles. The maximum atomic E-state index is 13.3. The molecule has 20 heavy (non-hydrogen) atoms. The lowest BCUT2D eigenvalue weighted by Crippen LogP contribution is -2.25. The van der Waals surface area contributed by atoms with Crippen molar-refractivity contribution in [3.05, 3.63) is 52.1 Å². The van der Waals surface area contributed by atoms with Crippen LogP contribution in [0.2, 0.25) is 0 Å². The molecule has 0 aliphatic rings. The number of aromatic hydroxyl groups is 1. The molecule has 4 nitrogen and oxygen atoms in total. The van der Waals surface area contributed by atoms with Gasteiger partial charge in [-0.05, 0) is 18.6 Å². The minimum absolute atomic E-state index is 0.00449. The van der Waals surface area contributed by atoms with E-state index in [0.717, 1.165) is 0 Å². The van der Waals surface area contributed by atoms with Crippen LogP contribution in [-0.2, 0) is 7.05 Å². The van der Waals surface area contributed by atoms with Gasteiger partial charge in [-0.1, -0.05) is 19.1 Å². The second kappa shape index (κ2) is 5.28. The number of nitrogens with zero attached hydrogens (tertiary/aromatic N) is 1. The predicted molar refractivity (Wildman–Crippen MR) is 75.9 cm³/mol. The predicted octanol–water partition coefficient (Wildman–Crippen LogP) is 2.67. The van der Waals surface area contributed by atoms with Crippen LogP contribution >= 0.6 is 0 Å². The van der Waals surface area contributed by atoms with E-state index in [1.165, 1.54) is 35.9 Å². The second-order valence-corrected chi connectivity index (χ2v) is 4.50. The lowest BCUT2D eigenvalue weighted by atomic mass is 10.1. The Labute approximate surface area is 115 Å². The van der Waals surface area contributed by atoms with E-state index in [0.29, 0.717) is 17.7 Å². The fourth-order valence-corrected chi connectivity index (χ4v) is 2.07. The lowest BCUT2D eigenvalue weighted by Gasteiger charge is -2.12. The SMILES string of the molecule is CCC(=N)c1c(O)cc(-c2cccc(F)c2)n(C)c1=O. The molecule has 0 bridgehead atoms. The van der Waals surface area contributed by atoms with Crippen LogP contribution in [-0.4, -0.2) is 15.4 Å². The smallest absolute Gasteiger partial charge is 0.263 e. The Balaban J connectivity index is 2.70. The highest BCUT2D eigenvalue weighted by Gasteiger charge is 2.16. The van der Waals surface area contributed by atoms with Gasteiger partial charge in [-0.25, -0.2) is 4.39 Å². The Morgan fingerprint density at radius 2 is 2.10 bits per heavy atom. The van der Waals surface area contributed by atoms with Crippen molar-refractivity contribution in [2.75, 3.05) is 0 Å². The molecular weight excluding hydrogens is 259 g/mol. The van der Waals surface area contributed by atoms with E-state index in [-0.39, 0.29) is 17.0 Å². The quantitative estimate of drug-likeness (QED) is 0.845. The Kier molecular flexibility index (Phi) is 3.70. The molecule has 0 amide bonds. The highest BCUT2D eigenvalue weighted by Crippen LogP contribution is 2.24. The van der Waals surface area contributed by atoms with E-state index in [4.69, 9.17) is 5.41 Å². The standard InChI is InChI=1S/C15H15FN2O2/c1-3-11(17)14-13(19)8-12(18(2)15(14)20)9-5-4-6-10(16)7-9/h4-8,17,19H,3H2,1-2H3. The van der Waals surface area contributed by atoms with Gasteiger partial charge in [-0.15, -0.1) is 0 Å². The average Bonchev–Trinajstić information content (AvgIpc) is 2.42. The van der Waals surface area contributed by atoms with E-state index in [9.17, 15) is 14.3 Å². The van der Waals surface area contributed by atoms with E-state index in [1.54, 1.807) is 13.0 Å². The summed E-state index contributed by atoms with van der Waals surface area (Å²) in [6.45, 7) is 1.74. The Morgan fingerprint density at radius 3 is 2.70 bits per heavy atom. The maximum absolute atomic E-state index is 13.3. The van der Waals surface area contributed by atoms with Gasteiger partial charge in [-0.2, -0.15) is 0 Å². The second-order valence-electron chi connectivity index (χ2n) is 4.50. The Morgan fingerprint density at radius 1 is 1.40 bits per heavy atom. The van der Waals surface area contributed by atoms with Crippen molar-refractivity contribution in [3.63, 3.8) is 0 Å². The molecule has 1 aromatic heterocycles.